The van der Waals surface area contributed by atoms with Crippen LogP contribution in [0.2, 0.25) is 0 Å². The van der Waals surface area contributed by atoms with Crippen LogP contribution in [0.4, 0.5) is 18.9 Å². The SMILES string of the molecule is CCC(C)(C)NC(=O)C(c1ccco1)N(C(=O)CNC(=O)c1cccs1)c1cccc(C(F)(F)F)c1. The molecule has 0 aliphatic heterocycles. The second-order valence-corrected chi connectivity index (χ2v) is 9.56. The van der Waals surface area contributed by atoms with Gasteiger partial charge in [0.05, 0.1) is 23.2 Å². The number of hydrogen-bond acceptors (Lipinski definition) is 5. The van der Waals surface area contributed by atoms with Gasteiger partial charge in [-0.15, -0.1) is 11.3 Å². The van der Waals surface area contributed by atoms with Crippen LogP contribution >= 0.6 is 11.3 Å². The lowest BCUT2D eigenvalue weighted by Crippen LogP contribution is -2.52. The van der Waals surface area contributed by atoms with E-state index in [0.717, 1.165) is 23.1 Å². The Morgan fingerprint density at radius 2 is 1.83 bits per heavy atom. The third kappa shape index (κ3) is 6.54. The van der Waals surface area contributed by atoms with Gasteiger partial charge in [0.1, 0.15) is 5.76 Å². The van der Waals surface area contributed by atoms with Gasteiger partial charge in [-0.2, -0.15) is 13.2 Å². The molecule has 7 nitrogen and oxygen atoms in total. The van der Waals surface area contributed by atoms with Gasteiger partial charge in [-0.25, -0.2) is 0 Å². The predicted octanol–water partition coefficient (Wildman–Crippen LogP) is 5.17. The number of nitrogens with one attached hydrogen (secondary N) is 2. The summed E-state index contributed by atoms with van der Waals surface area (Å²) in [5, 5.41) is 7.00. The maximum absolute atomic E-state index is 13.5. The third-order valence-corrected chi connectivity index (χ3v) is 6.40. The fraction of sp³-hybridized carbons (Fsp3) is 0.320. The number of benzene rings is 1. The molecule has 0 radical (unpaired) electrons. The van der Waals surface area contributed by atoms with E-state index >= 15 is 0 Å². The van der Waals surface area contributed by atoms with Gasteiger partial charge in [0.15, 0.2) is 6.04 Å². The van der Waals surface area contributed by atoms with Crippen molar-refractivity contribution in [2.75, 3.05) is 11.4 Å². The molecule has 0 saturated carbocycles. The van der Waals surface area contributed by atoms with Gasteiger partial charge in [-0.1, -0.05) is 19.1 Å². The van der Waals surface area contributed by atoms with E-state index in [-0.39, 0.29) is 11.4 Å². The highest BCUT2D eigenvalue weighted by Crippen LogP contribution is 2.35. The molecule has 2 aromatic heterocycles. The molecule has 0 saturated heterocycles. The van der Waals surface area contributed by atoms with Gasteiger partial charge in [-0.05, 0) is 62.0 Å². The summed E-state index contributed by atoms with van der Waals surface area (Å²) in [6, 6.07) is 8.87. The molecule has 0 spiro atoms. The molecule has 2 N–H and O–H groups in total. The van der Waals surface area contributed by atoms with Gasteiger partial charge in [-0.3, -0.25) is 19.3 Å². The van der Waals surface area contributed by atoms with Crippen molar-refractivity contribution >= 4 is 34.7 Å². The number of rotatable bonds is 9. The largest absolute Gasteiger partial charge is 0.467 e. The van der Waals surface area contributed by atoms with Crippen LogP contribution in [0.1, 0.15) is 54.2 Å². The molecule has 3 aromatic rings. The predicted molar refractivity (Wildman–Crippen MR) is 130 cm³/mol. The van der Waals surface area contributed by atoms with Crippen molar-refractivity contribution in [3.63, 3.8) is 0 Å². The molecule has 0 aliphatic rings. The summed E-state index contributed by atoms with van der Waals surface area (Å²) in [4.78, 5) is 40.6. The van der Waals surface area contributed by atoms with Gasteiger partial charge >= 0.3 is 6.18 Å². The lowest BCUT2D eigenvalue weighted by molar-refractivity contribution is -0.137. The molecule has 1 unspecified atom stereocenters. The van der Waals surface area contributed by atoms with Crippen LogP contribution in [0.3, 0.4) is 0 Å². The van der Waals surface area contributed by atoms with Crippen molar-refractivity contribution in [2.45, 2.75) is 44.9 Å². The first-order chi connectivity index (χ1) is 16.9. The number of thiophene rings is 1. The summed E-state index contributed by atoms with van der Waals surface area (Å²) in [5.41, 5.74) is -1.84. The van der Waals surface area contributed by atoms with Crippen LogP contribution < -0.4 is 15.5 Å². The molecular weight excluding hydrogens is 495 g/mol. The van der Waals surface area contributed by atoms with Crippen molar-refractivity contribution in [2.24, 2.45) is 0 Å². The summed E-state index contributed by atoms with van der Waals surface area (Å²) < 4.78 is 45.9. The normalized spacial score (nSPS) is 12.6. The van der Waals surface area contributed by atoms with E-state index < -0.39 is 47.6 Å². The zero-order valence-electron chi connectivity index (χ0n) is 19.9. The molecule has 1 atom stereocenters. The van der Waals surface area contributed by atoms with Crippen LogP contribution in [0, 0.1) is 0 Å². The molecule has 1 aromatic carbocycles. The zero-order valence-corrected chi connectivity index (χ0v) is 20.7. The van der Waals surface area contributed by atoms with E-state index in [4.69, 9.17) is 4.42 Å². The summed E-state index contributed by atoms with van der Waals surface area (Å²) >= 11 is 1.17. The molecule has 3 rings (SSSR count). The number of furan rings is 1. The van der Waals surface area contributed by atoms with Gasteiger partial charge in [0.2, 0.25) is 5.91 Å². The first-order valence-electron chi connectivity index (χ1n) is 11.1. The molecule has 3 amide bonds. The summed E-state index contributed by atoms with van der Waals surface area (Å²) in [6.07, 6.45) is -2.82. The molecule has 11 heteroatoms. The minimum atomic E-state index is -4.68. The van der Waals surface area contributed by atoms with Crippen LogP contribution in [0.15, 0.2) is 64.6 Å². The number of anilines is 1. The second kappa shape index (κ2) is 11.0. The van der Waals surface area contributed by atoms with Crippen molar-refractivity contribution < 1.29 is 32.0 Å². The van der Waals surface area contributed by atoms with E-state index in [2.05, 4.69) is 10.6 Å². The number of nitrogens with zero attached hydrogens (tertiary/aromatic N) is 1. The Hall–Kier alpha value is -3.60. The van der Waals surface area contributed by atoms with Crippen LogP contribution in [-0.4, -0.2) is 29.8 Å². The van der Waals surface area contributed by atoms with Crippen molar-refractivity contribution in [1.82, 2.24) is 10.6 Å². The number of halogens is 3. The summed E-state index contributed by atoms with van der Waals surface area (Å²) in [7, 11) is 0. The Balaban J connectivity index is 2.04. The first-order valence-corrected chi connectivity index (χ1v) is 12.0. The van der Waals surface area contributed by atoms with Crippen LogP contribution in [0.5, 0.6) is 0 Å². The summed E-state index contributed by atoms with van der Waals surface area (Å²) in [5.74, 6) is -1.92. The Kier molecular flexibility index (Phi) is 8.24. The average Bonchev–Trinajstić information content (AvgIpc) is 3.54. The lowest BCUT2D eigenvalue weighted by Gasteiger charge is -2.33. The maximum Gasteiger partial charge on any atom is 0.416 e. The highest BCUT2D eigenvalue weighted by atomic mass is 32.1. The maximum atomic E-state index is 13.5. The molecule has 0 fully saturated rings. The molecular formula is C25H26F3N3O4S. The minimum absolute atomic E-state index is 0.0507. The zero-order chi connectivity index (χ0) is 26.5. The number of amides is 3. The second-order valence-electron chi connectivity index (χ2n) is 8.62. The molecule has 0 aliphatic carbocycles. The Bertz CT molecular complexity index is 1190. The highest BCUT2D eigenvalue weighted by Gasteiger charge is 2.38. The van der Waals surface area contributed by atoms with Crippen molar-refractivity contribution in [3.8, 4) is 0 Å². The standard InChI is InChI=1S/C25H26F3N3O4S/c1-4-24(2,3)30-23(34)21(18-10-6-12-35-18)31(17-9-5-8-16(14-17)25(26,27)28)20(32)15-29-22(33)19-11-7-13-36-19/h5-14,21H,4,15H2,1-3H3,(H,29,33)(H,30,34). The van der Waals surface area contributed by atoms with E-state index in [1.807, 2.05) is 6.92 Å². The van der Waals surface area contributed by atoms with E-state index in [9.17, 15) is 27.6 Å². The average molecular weight is 522 g/mol. The van der Waals surface area contributed by atoms with Crippen molar-refractivity contribution in [3.05, 3.63) is 76.4 Å². The number of carbonyl (C=O) groups excluding carboxylic acids is 3. The molecule has 36 heavy (non-hydrogen) atoms. The molecule has 192 valence electrons. The Morgan fingerprint density at radius 1 is 1.08 bits per heavy atom. The van der Waals surface area contributed by atoms with E-state index in [1.54, 1.807) is 31.4 Å². The number of hydrogen-bond donors (Lipinski definition) is 2. The van der Waals surface area contributed by atoms with Gasteiger partial charge in [0.25, 0.3) is 11.8 Å². The Labute approximate surface area is 210 Å². The quantitative estimate of drug-likeness (QED) is 0.407. The lowest BCUT2D eigenvalue weighted by atomic mass is 10.0. The summed E-state index contributed by atoms with van der Waals surface area (Å²) in [6.45, 7) is 4.86. The monoisotopic (exact) mass is 521 g/mol. The smallest absolute Gasteiger partial charge is 0.416 e. The fourth-order valence-corrected chi connectivity index (χ4v) is 3.96. The third-order valence-electron chi connectivity index (χ3n) is 5.53. The molecule has 0 bridgehead atoms. The Morgan fingerprint density at radius 3 is 2.42 bits per heavy atom. The fourth-order valence-electron chi connectivity index (χ4n) is 3.32. The van der Waals surface area contributed by atoms with Crippen molar-refractivity contribution in [1.29, 1.82) is 0 Å². The molecule has 2 heterocycles. The number of alkyl halides is 3. The highest BCUT2D eigenvalue weighted by molar-refractivity contribution is 7.12. The van der Waals surface area contributed by atoms with Gasteiger partial charge in [0, 0.05) is 11.2 Å². The van der Waals surface area contributed by atoms with E-state index in [0.29, 0.717) is 11.3 Å². The number of carbonyl (C=O) groups is 3. The first kappa shape index (κ1) is 27.0. The topological polar surface area (TPSA) is 91.7 Å². The van der Waals surface area contributed by atoms with Gasteiger partial charge < -0.3 is 15.1 Å². The van der Waals surface area contributed by atoms with E-state index in [1.165, 1.54) is 35.8 Å². The minimum Gasteiger partial charge on any atom is -0.467 e. The van der Waals surface area contributed by atoms with Crippen LogP contribution in [-0.2, 0) is 15.8 Å². The van der Waals surface area contributed by atoms with Crippen LogP contribution in [0.25, 0.3) is 0 Å².